The Bertz CT molecular complexity index is 221. The number of piperazine rings is 1. The summed E-state index contributed by atoms with van der Waals surface area (Å²) in [6, 6.07) is 0.776. The first-order valence-corrected chi connectivity index (χ1v) is 6.79. The second kappa shape index (κ2) is 5.03. The minimum atomic E-state index is 0.341. The normalized spacial score (nSPS) is 29.8. The van der Waals surface area contributed by atoms with Gasteiger partial charge >= 0.3 is 0 Å². The zero-order valence-corrected chi connectivity index (χ0v) is 11.1. The molecule has 1 atom stereocenters. The molecule has 3 nitrogen and oxygen atoms in total. The maximum Gasteiger partial charge on any atom is 0.0283 e. The fourth-order valence-electron chi connectivity index (χ4n) is 3.34. The Morgan fingerprint density at radius 2 is 1.88 bits per heavy atom. The predicted molar refractivity (Wildman–Crippen MR) is 68.8 cm³/mol. The SMILES string of the molecule is CC1CCCN1C(C)(C)CN1CCNCC1. The van der Waals surface area contributed by atoms with Gasteiger partial charge in [0, 0.05) is 44.3 Å². The van der Waals surface area contributed by atoms with Crippen molar-refractivity contribution in [2.75, 3.05) is 39.3 Å². The molecule has 2 aliphatic heterocycles. The van der Waals surface area contributed by atoms with Crippen LogP contribution in [0.1, 0.15) is 33.6 Å². The number of likely N-dealkylation sites (tertiary alicyclic amines) is 1. The number of nitrogens with one attached hydrogen (secondary N) is 1. The molecule has 1 unspecified atom stereocenters. The molecule has 2 rings (SSSR count). The van der Waals surface area contributed by atoms with Crippen molar-refractivity contribution in [3.05, 3.63) is 0 Å². The van der Waals surface area contributed by atoms with Crippen molar-refractivity contribution >= 4 is 0 Å². The quantitative estimate of drug-likeness (QED) is 0.777. The fourth-order valence-corrected chi connectivity index (χ4v) is 3.34. The monoisotopic (exact) mass is 225 g/mol. The van der Waals surface area contributed by atoms with Crippen LogP contribution in [-0.2, 0) is 0 Å². The second-order valence-electron chi connectivity index (χ2n) is 6.02. The van der Waals surface area contributed by atoms with E-state index in [9.17, 15) is 0 Å². The maximum atomic E-state index is 3.42. The molecule has 0 saturated carbocycles. The summed E-state index contributed by atoms with van der Waals surface area (Å²) in [5.41, 5.74) is 0.341. The van der Waals surface area contributed by atoms with Gasteiger partial charge in [0.2, 0.25) is 0 Å². The molecule has 0 aromatic rings. The third-order valence-corrected chi connectivity index (χ3v) is 4.15. The van der Waals surface area contributed by atoms with E-state index in [1.807, 2.05) is 0 Å². The summed E-state index contributed by atoms with van der Waals surface area (Å²) >= 11 is 0. The molecule has 0 amide bonds. The molecule has 2 heterocycles. The van der Waals surface area contributed by atoms with Crippen LogP contribution in [0.5, 0.6) is 0 Å². The highest BCUT2D eigenvalue weighted by atomic mass is 15.3. The van der Waals surface area contributed by atoms with E-state index in [0.717, 1.165) is 19.1 Å². The number of rotatable bonds is 3. The third kappa shape index (κ3) is 2.76. The molecular formula is C13H27N3. The fraction of sp³-hybridized carbons (Fsp3) is 1.00. The van der Waals surface area contributed by atoms with Crippen molar-refractivity contribution in [3.63, 3.8) is 0 Å². The van der Waals surface area contributed by atoms with Crippen LogP contribution >= 0.6 is 0 Å². The molecule has 0 aliphatic carbocycles. The van der Waals surface area contributed by atoms with E-state index >= 15 is 0 Å². The topological polar surface area (TPSA) is 18.5 Å². The standard InChI is InChI=1S/C13H27N3/c1-12-5-4-8-16(12)13(2,3)11-15-9-6-14-7-10-15/h12,14H,4-11H2,1-3H3. The average Bonchev–Trinajstić information content (AvgIpc) is 2.66. The molecule has 0 aromatic carbocycles. The molecule has 0 spiro atoms. The minimum Gasteiger partial charge on any atom is -0.314 e. The van der Waals surface area contributed by atoms with Gasteiger partial charge in [-0.3, -0.25) is 9.80 Å². The zero-order chi connectivity index (χ0) is 11.6. The lowest BCUT2D eigenvalue weighted by molar-refractivity contribution is 0.0639. The van der Waals surface area contributed by atoms with Gasteiger partial charge in [-0.2, -0.15) is 0 Å². The molecule has 0 aromatic heterocycles. The summed E-state index contributed by atoms with van der Waals surface area (Å²) in [4.78, 5) is 5.32. The second-order valence-corrected chi connectivity index (χ2v) is 6.02. The lowest BCUT2D eigenvalue weighted by Crippen LogP contribution is -2.56. The highest BCUT2D eigenvalue weighted by molar-refractivity contribution is 4.91. The van der Waals surface area contributed by atoms with Gasteiger partial charge in [0.1, 0.15) is 0 Å². The smallest absolute Gasteiger partial charge is 0.0283 e. The lowest BCUT2D eigenvalue weighted by atomic mass is 10.0. The Kier molecular flexibility index (Phi) is 3.88. The maximum absolute atomic E-state index is 3.42. The third-order valence-electron chi connectivity index (χ3n) is 4.15. The van der Waals surface area contributed by atoms with E-state index in [2.05, 4.69) is 35.9 Å². The first-order valence-electron chi connectivity index (χ1n) is 6.79. The minimum absolute atomic E-state index is 0.341. The summed E-state index contributed by atoms with van der Waals surface area (Å²) in [6.07, 6.45) is 2.76. The van der Waals surface area contributed by atoms with Crippen LogP contribution in [0.25, 0.3) is 0 Å². The van der Waals surface area contributed by atoms with Crippen molar-refractivity contribution in [1.82, 2.24) is 15.1 Å². The van der Waals surface area contributed by atoms with Gasteiger partial charge in [0.05, 0.1) is 0 Å². The highest BCUT2D eigenvalue weighted by Gasteiger charge is 2.34. The van der Waals surface area contributed by atoms with E-state index in [1.165, 1.54) is 39.0 Å². The van der Waals surface area contributed by atoms with Gasteiger partial charge in [-0.05, 0) is 40.2 Å². The van der Waals surface area contributed by atoms with Gasteiger partial charge in [-0.25, -0.2) is 0 Å². The summed E-state index contributed by atoms with van der Waals surface area (Å²) in [6.45, 7) is 14.5. The molecule has 94 valence electrons. The molecule has 2 fully saturated rings. The van der Waals surface area contributed by atoms with Crippen LogP contribution < -0.4 is 5.32 Å². The summed E-state index contributed by atoms with van der Waals surface area (Å²) in [5, 5.41) is 3.42. The van der Waals surface area contributed by atoms with E-state index < -0.39 is 0 Å². The van der Waals surface area contributed by atoms with E-state index in [-0.39, 0.29) is 0 Å². The van der Waals surface area contributed by atoms with Crippen molar-refractivity contribution in [2.45, 2.75) is 45.2 Å². The molecule has 3 heteroatoms. The highest BCUT2D eigenvalue weighted by Crippen LogP contribution is 2.27. The molecule has 2 saturated heterocycles. The first kappa shape index (κ1) is 12.3. The molecule has 0 radical (unpaired) electrons. The van der Waals surface area contributed by atoms with Crippen LogP contribution in [0.4, 0.5) is 0 Å². The van der Waals surface area contributed by atoms with E-state index in [0.29, 0.717) is 5.54 Å². The van der Waals surface area contributed by atoms with E-state index in [4.69, 9.17) is 0 Å². The Labute approximate surface area is 100 Å². The lowest BCUT2D eigenvalue weighted by Gasteiger charge is -2.43. The number of nitrogens with zero attached hydrogens (tertiary/aromatic N) is 2. The Hall–Kier alpha value is -0.120. The molecule has 2 aliphatic rings. The molecule has 0 bridgehead atoms. The van der Waals surface area contributed by atoms with Crippen molar-refractivity contribution in [1.29, 1.82) is 0 Å². The van der Waals surface area contributed by atoms with Crippen LogP contribution in [0, 0.1) is 0 Å². The predicted octanol–water partition coefficient (Wildman–Crippen LogP) is 1.15. The van der Waals surface area contributed by atoms with Crippen LogP contribution in [0.3, 0.4) is 0 Å². The van der Waals surface area contributed by atoms with E-state index in [1.54, 1.807) is 0 Å². The van der Waals surface area contributed by atoms with Crippen LogP contribution in [0.2, 0.25) is 0 Å². The van der Waals surface area contributed by atoms with Gasteiger partial charge in [0.25, 0.3) is 0 Å². The Morgan fingerprint density at radius 1 is 1.19 bits per heavy atom. The van der Waals surface area contributed by atoms with Crippen molar-refractivity contribution < 1.29 is 0 Å². The molecular weight excluding hydrogens is 198 g/mol. The van der Waals surface area contributed by atoms with Crippen molar-refractivity contribution in [2.24, 2.45) is 0 Å². The molecule has 16 heavy (non-hydrogen) atoms. The summed E-state index contributed by atoms with van der Waals surface area (Å²) in [5.74, 6) is 0. The van der Waals surface area contributed by atoms with Gasteiger partial charge in [-0.15, -0.1) is 0 Å². The summed E-state index contributed by atoms with van der Waals surface area (Å²) < 4.78 is 0. The van der Waals surface area contributed by atoms with Crippen LogP contribution in [0.15, 0.2) is 0 Å². The number of hydrogen-bond acceptors (Lipinski definition) is 3. The number of hydrogen-bond donors (Lipinski definition) is 1. The zero-order valence-electron chi connectivity index (χ0n) is 11.1. The van der Waals surface area contributed by atoms with Gasteiger partial charge in [0.15, 0.2) is 0 Å². The largest absolute Gasteiger partial charge is 0.314 e. The first-order chi connectivity index (χ1) is 7.59. The van der Waals surface area contributed by atoms with Gasteiger partial charge < -0.3 is 5.32 Å². The van der Waals surface area contributed by atoms with Crippen molar-refractivity contribution in [3.8, 4) is 0 Å². The Morgan fingerprint density at radius 3 is 2.44 bits per heavy atom. The van der Waals surface area contributed by atoms with Gasteiger partial charge in [-0.1, -0.05) is 0 Å². The Balaban J connectivity index is 1.90. The molecule has 1 N–H and O–H groups in total. The van der Waals surface area contributed by atoms with Crippen LogP contribution in [-0.4, -0.2) is 60.6 Å². The summed E-state index contributed by atoms with van der Waals surface area (Å²) in [7, 11) is 0. The average molecular weight is 225 g/mol.